The number of halogens is 3. The molecule has 16 heavy (non-hydrogen) atoms. The molecule has 2 rings (SSSR count). The lowest BCUT2D eigenvalue weighted by Gasteiger charge is -2.07. The maximum Gasteiger partial charge on any atom is 0.133 e. The summed E-state index contributed by atoms with van der Waals surface area (Å²) in [5.74, 6) is -0.752. The number of hydrogen-bond acceptors (Lipinski definition) is 0. The predicted molar refractivity (Wildman–Crippen MR) is 61.5 cm³/mol. The summed E-state index contributed by atoms with van der Waals surface area (Å²) in [6.45, 7) is 1.68. The van der Waals surface area contributed by atoms with E-state index in [0.717, 1.165) is 0 Å². The van der Waals surface area contributed by atoms with Gasteiger partial charge < -0.3 is 0 Å². The maximum atomic E-state index is 13.8. The van der Waals surface area contributed by atoms with Crippen LogP contribution in [0.4, 0.5) is 8.78 Å². The van der Waals surface area contributed by atoms with Crippen LogP contribution in [-0.2, 0) is 0 Å². The van der Waals surface area contributed by atoms with Crippen molar-refractivity contribution >= 4 is 11.6 Å². The van der Waals surface area contributed by atoms with Gasteiger partial charge in [0.1, 0.15) is 11.6 Å². The molecule has 0 atom stereocenters. The topological polar surface area (TPSA) is 0 Å². The molecule has 0 saturated carbocycles. The van der Waals surface area contributed by atoms with Crippen molar-refractivity contribution in [2.45, 2.75) is 6.92 Å². The van der Waals surface area contributed by atoms with E-state index in [4.69, 9.17) is 11.6 Å². The highest BCUT2D eigenvalue weighted by molar-refractivity contribution is 6.33. The fourth-order valence-electron chi connectivity index (χ4n) is 1.56. The molecule has 0 saturated heterocycles. The first kappa shape index (κ1) is 11.1. The summed E-state index contributed by atoms with van der Waals surface area (Å²) in [6, 6.07) is 8.97. The van der Waals surface area contributed by atoms with E-state index in [1.807, 2.05) is 0 Å². The van der Waals surface area contributed by atoms with E-state index in [2.05, 4.69) is 0 Å². The lowest BCUT2D eigenvalue weighted by Crippen LogP contribution is -1.89. The molecule has 0 aliphatic heterocycles. The molecule has 0 aliphatic carbocycles. The Morgan fingerprint density at radius 3 is 2.44 bits per heavy atom. The highest BCUT2D eigenvalue weighted by Gasteiger charge is 2.10. The van der Waals surface area contributed by atoms with Crippen LogP contribution in [-0.4, -0.2) is 0 Å². The average Bonchev–Trinajstić information content (AvgIpc) is 2.23. The van der Waals surface area contributed by atoms with Crippen molar-refractivity contribution in [1.29, 1.82) is 0 Å². The van der Waals surface area contributed by atoms with E-state index in [9.17, 15) is 8.78 Å². The van der Waals surface area contributed by atoms with Crippen molar-refractivity contribution in [3.8, 4) is 11.1 Å². The Kier molecular flexibility index (Phi) is 2.92. The van der Waals surface area contributed by atoms with Crippen LogP contribution in [0, 0.1) is 18.6 Å². The first-order chi connectivity index (χ1) is 7.59. The molecule has 82 valence electrons. The van der Waals surface area contributed by atoms with Crippen LogP contribution in [0.15, 0.2) is 36.4 Å². The molecule has 0 N–H and O–H groups in total. The number of hydrogen-bond donors (Lipinski definition) is 0. The minimum Gasteiger partial charge on any atom is -0.207 e. The molecule has 0 heterocycles. The van der Waals surface area contributed by atoms with Gasteiger partial charge in [0, 0.05) is 11.1 Å². The molecular formula is C13H9ClF2. The van der Waals surface area contributed by atoms with E-state index in [1.165, 1.54) is 18.2 Å². The Morgan fingerprint density at radius 1 is 1.00 bits per heavy atom. The van der Waals surface area contributed by atoms with Gasteiger partial charge in [-0.15, -0.1) is 0 Å². The second-order valence-corrected chi connectivity index (χ2v) is 3.97. The Balaban J connectivity index is 2.63. The fourth-order valence-corrected chi connectivity index (χ4v) is 1.83. The van der Waals surface area contributed by atoms with Gasteiger partial charge >= 0.3 is 0 Å². The smallest absolute Gasteiger partial charge is 0.133 e. The van der Waals surface area contributed by atoms with Crippen LogP contribution >= 0.6 is 11.6 Å². The standard InChI is InChI=1S/C13H9ClF2/c1-8-3-2-4-11(13(8)16)10-6-5-9(15)7-12(10)14/h2-7H,1H3. The lowest BCUT2D eigenvalue weighted by atomic mass is 10.0. The molecule has 0 unspecified atom stereocenters. The monoisotopic (exact) mass is 238 g/mol. The van der Waals surface area contributed by atoms with Crippen LogP contribution in [0.2, 0.25) is 5.02 Å². The van der Waals surface area contributed by atoms with Gasteiger partial charge in [-0.3, -0.25) is 0 Å². The number of aryl methyl sites for hydroxylation is 1. The molecule has 0 spiro atoms. The molecule has 0 aromatic heterocycles. The Labute approximate surface area is 97.5 Å². The van der Waals surface area contributed by atoms with Crippen molar-refractivity contribution < 1.29 is 8.78 Å². The summed E-state index contributed by atoms with van der Waals surface area (Å²) in [4.78, 5) is 0. The molecule has 2 aromatic rings. The van der Waals surface area contributed by atoms with E-state index in [1.54, 1.807) is 25.1 Å². The molecule has 0 amide bonds. The van der Waals surface area contributed by atoms with Gasteiger partial charge in [-0.1, -0.05) is 29.8 Å². The zero-order valence-corrected chi connectivity index (χ0v) is 9.35. The third-order valence-electron chi connectivity index (χ3n) is 2.41. The quantitative estimate of drug-likeness (QED) is 0.682. The highest BCUT2D eigenvalue weighted by atomic mass is 35.5. The minimum atomic E-state index is -0.429. The molecule has 0 fully saturated rings. The zero-order chi connectivity index (χ0) is 11.7. The molecule has 2 aromatic carbocycles. The highest BCUT2D eigenvalue weighted by Crippen LogP contribution is 2.31. The summed E-state index contributed by atoms with van der Waals surface area (Å²) in [7, 11) is 0. The maximum absolute atomic E-state index is 13.8. The average molecular weight is 239 g/mol. The Bertz CT molecular complexity index is 535. The van der Waals surface area contributed by atoms with Gasteiger partial charge in [0.25, 0.3) is 0 Å². The van der Waals surface area contributed by atoms with Crippen LogP contribution in [0.5, 0.6) is 0 Å². The largest absolute Gasteiger partial charge is 0.207 e. The first-order valence-electron chi connectivity index (χ1n) is 4.80. The normalized spacial score (nSPS) is 10.5. The second-order valence-electron chi connectivity index (χ2n) is 3.56. The summed E-state index contributed by atoms with van der Waals surface area (Å²) in [5.41, 5.74) is 1.44. The third-order valence-corrected chi connectivity index (χ3v) is 2.73. The number of rotatable bonds is 1. The molecule has 0 aliphatic rings. The molecule has 0 radical (unpaired) electrons. The van der Waals surface area contributed by atoms with E-state index in [-0.39, 0.29) is 10.8 Å². The van der Waals surface area contributed by atoms with Crippen molar-refractivity contribution in [2.75, 3.05) is 0 Å². The lowest BCUT2D eigenvalue weighted by molar-refractivity contribution is 0.620. The van der Waals surface area contributed by atoms with Crippen molar-refractivity contribution in [3.63, 3.8) is 0 Å². The van der Waals surface area contributed by atoms with Crippen LogP contribution in [0.3, 0.4) is 0 Å². The summed E-state index contributed by atoms with van der Waals surface area (Å²) >= 11 is 5.88. The van der Waals surface area contributed by atoms with Gasteiger partial charge in [-0.2, -0.15) is 0 Å². The molecule has 0 nitrogen and oxygen atoms in total. The van der Waals surface area contributed by atoms with Crippen LogP contribution < -0.4 is 0 Å². The minimum absolute atomic E-state index is 0.213. The van der Waals surface area contributed by atoms with Crippen molar-refractivity contribution in [1.82, 2.24) is 0 Å². The van der Waals surface area contributed by atoms with Crippen molar-refractivity contribution in [2.24, 2.45) is 0 Å². The Morgan fingerprint density at radius 2 is 1.75 bits per heavy atom. The van der Waals surface area contributed by atoms with Gasteiger partial charge in [0.05, 0.1) is 5.02 Å². The summed E-state index contributed by atoms with van der Waals surface area (Å²) in [5, 5.41) is 0.213. The fraction of sp³-hybridized carbons (Fsp3) is 0.0769. The second kappa shape index (κ2) is 4.22. The van der Waals surface area contributed by atoms with Crippen LogP contribution in [0.25, 0.3) is 11.1 Å². The first-order valence-corrected chi connectivity index (χ1v) is 5.18. The van der Waals surface area contributed by atoms with Gasteiger partial charge in [-0.25, -0.2) is 8.78 Å². The van der Waals surface area contributed by atoms with Gasteiger partial charge in [0.2, 0.25) is 0 Å². The van der Waals surface area contributed by atoms with E-state index < -0.39 is 5.82 Å². The SMILES string of the molecule is Cc1cccc(-c2ccc(F)cc2Cl)c1F. The molecule has 3 heteroatoms. The van der Waals surface area contributed by atoms with Gasteiger partial charge in [0.15, 0.2) is 0 Å². The molecular weight excluding hydrogens is 230 g/mol. The third kappa shape index (κ3) is 1.93. The number of benzene rings is 2. The Hall–Kier alpha value is -1.41. The van der Waals surface area contributed by atoms with Crippen molar-refractivity contribution in [3.05, 3.63) is 58.6 Å². The zero-order valence-electron chi connectivity index (χ0n) is 8.60. The van der Waals surface area contributed by atoms with E-state index in [0.29, 0.717) is 16.7 Å². The van der Waals surface area contributed by atoms with Gasteiger partial charge in [-0.05, 0) is 30.7 Å². The predicted octanol–water partition coefficient (Wildman–Crippen LogP) is 4.59. The summed E-state index contributed by atoms with van der Waals surface area (Å²) < 4.78 is 26.7. The summed E-state index contributed by atoms with van der Waals surface area (Å²) in [6.07, 6.45) is 0. The van der Waals surface area contributed by atoms with E-state index >= 15 is 0 Å². The molecule has 0 bridgehead atoms. The van der Waals surface area contributed by atoms with Crippen LogP contribution in [0.1, 0.15) is 5.56 Å².